The van der Waals surface area contributed by atoms with Gasteiger partial charge in [0.2, 0.25) is 0 Å². The van der Waals surface area contributed by atoms with E-state index >= 15 is 0 Å². The Hall–Kier alpha value is -1.91. The first-order valence-corrected chi connectivity index (χ1v) is 8.04. The molecule has 21 heavy (non-hydrogen) atoms. The molecule has 0 bridgehead atoms. The van der Waals surface area contributed by atoms with Gasteiger partial charge in [0.1, 0.15) is 0 Å². The van der Waals surface area contributed by atoms with Crippen molar-refractivity contribution in [1.82, 2.24) is 9.88 Å². The number of aromatic nitrogens is 1. The van der Waals surface area contributed by atoms with Crippen LogP contribution in [0.15, 0.2) is 52.5 Å². The molecule has 1 aromatic carbocycles. The van der Waals surface area contributed by atoms with E-state index in [0.717, 1.165) is 42.5 Å². The average molecular weight is 296 g/mol. The summed E-state index contributed by atoms with van der Waals surface area (Å²) < 4.78 is 5.40. The van der Waals surface area contributed by atoms with Gasteiger partial charge in [0.05, 0.1) is 12.0 Å². The summed E-state index contributed by atoms with van der Waals surface area (Å²) in [5.41, 5.74) is 4.07. The fourth-order valence-electron chi connectivity index (χ4n) is 2.81. The highest BCUT2D eigenvalue weighted by atomic mass is 32.1. The third kappa shape index (κ3) is 2.64. The van der Waals surface area contributed by atoms with Gasteiger partial charge in [-0.25, -0.2) is 4.98 Å². The van der Waals surface area contributed by atoms with Crippen molar-refractivity contribution in [2.24, 2.45) is 0 Å². The zero-order valence-corrected chi connectivity index (χ0v) is 12.5. The van der Waals surface area contributed by atoms with E-state index in [0.29, 0.717) is 0 Å². The van der Waals surface area contributed by atoms with Gasteiger partial charge in [-0.3, -0.25) is 4.90 Å². The second kappa shape index (κ2) is 5.47. The van der Waals surface area contributed by atoms with Gasteiger partial charge in [0.15, 0.2) is 10.8 Å². The number of rotatable bonds is 3. The summed E-state index contributed by atoms with van der Waals surface area (Å²) >= 11 is 1.65. The molecule has 4 heteroatoms. The maximum absolute atomic E-state index is 5.40. The quantitative estimate of drug-likeness (QED) is 0.732. The maximum Gasteiger partial charge on any atom is 0.162 e. The molecular formula is C17H16N2OS. The normalized spacial score (nSPS) is 15.0. The fraction of sp³-hybridized carbons (Fsp3) is 0.235. The van der Waals surface area contributed by atoms with Crippen LogP contribution in [0.3, 0.4) is 0 Å². The van der Waals surface area contributed by atoms with E-state index in [4.69, 9.17) is 4.42 Å². The summed E-state index contributed by atoms with van der Waals surface area (Å²) in [4.78, 5) is 7.15. The Morgan fingerprint density at radius 2 is 2.05 bits per heavy atom. The molecule has 2 aromatic heterocycles. The Morgan fingerprint density at radius 3 is 2.90 bits per heavy atom. The van der Waals surface area contributed by atoms with Crippen LogP contribution >= 0.6 is 11.3 Å². The fourth-order valence-corrected chi connectivity index (χ4v) is 3.59. The lowest BCUT2D eigenvalue weighted by Crippen LogP contribution is -2.30. The van der Waals surface area contributed by atoms with Gasteiger partial charge in [0.25, 0.3) is 0 Å². The molecule has 0 spiro atoms. The lowest BCUT2D eigenvalue weighted by molar-refractivity contribution is 0.243. The van der Waals surface area contributed by atoms with Crippen molar-refractivity contribution in [2.75, 3.05) is 6.54 Å². The predicted molar refractivity (Wildman–Crippen MR) is 84.1 cm³/mol. The van der Waals surface area contributed by atoms with E-state index in [1.165, 1.54) is 11.1 Å². The summed E-state index contributed by atoms with van der Waals surface area (Å²) in [7, 11) is 0. The SMILES string of the molecule is c1coc(-c2nc(CN3CCc4ccccc4C3)cs2)c1. The van der Waals surface area contributed by atoms with Gasteiger partial charge >= 0.3 is 0 Å². The first-order valence-electron chi connectivity index (χ1n) is 7.16. The van der Waals surface area contributed by atoms with Crippen LogP contribution < -0.4 is 0 Å². The van der Waals surface area contributed by atoms with Crippen LogP contribution in [0.4, 0.5) is 0 Å². The molecule has 0 radical (unpaired) electrons. The van der Waals surface area contributed by atoms with Gasteiger partial charge in [-0.1, -0.05) is 24.3 Å². The van der Waals surface area contributed by atoms with Crippen molar-refractivity contribution in [1.29, 1.82) is 0 Å². The maximum atomic E-state index is 5.40. The lowest BCUT2D eigenvalue weighted by atomic mass is 10.00. The number of thiazole rings is 1. The van der Waals surface area contributed by atoms with Gasteiger partial charge in [-0.2, -0.15) is 0 Å². The highest BCUT2D eigenvalue weighted by Crippen LogP contribution is 2.26. The van der Waals surface area contributed by atoms with Crippen LogP contribution in [0.1, 0.15) is 16.8 Å². The minimum absolute atomic E-state index is 0.857. The summed E-state index contributed by atoms with van der Waals surface area (Å²) in [5, 5.41) is 3.10. The molecule has 0 N–H and O–H groups in total. The molecule has 1 aliphatic heterocycles. The zero-order valence-electron chi connectivity index (χ0n) is 11.7. The molecule has 3 nitrogen and oxygen atoms in total. The van der Waals surface area contributed by atoms with Gasteiger partial charge in [-0.15, -0.1) is 11.3 Å². The zero-order chi connectivity index (χ0) is 14.1. The molecule has 0 amide bonds. The van der Waals surface area contributed by atoms with Crippen molar-refractivity contribution in [3.63, 3.8) is 0 Å². The molecule has 0 aliphatic carbocycles. The van der Waals surface area contributed by atoms with E-state index in [1.807, 2.05) is 12.1 Å². The Bertz CT molecular complexity index is 733. The molecule has 0 atom stereocenters. The topological polar surface area (TPSA) is 29.3 Å². The first-order chi connectivity index (χ1) is 10.4. The van der Waals surface area contributed by atoms with Crippen LogP contribution in [0.25, 0.3) is 10.8 Å². The third-order valence-electron chi connectivity index (χ3n) is 3.88. The number of fused-ring (bicyclic) bond motifs is 1. The molecule has 4 rings (SSSR count). The Labute approximate surface area is 127 Å². The summed E-state index contributed by atoms with van der Waals surface area (Å²) in [6.45, 7) is 3.03. The second-order valence-corrected chi connectivity index (χ2v) is 6.21. The highest BCUT2D eigenvalue weighted by Gasteiger charge is 2.17. The smallest absolute Gasteiger partial charge is 0.162 e. The van der Waals surface area contributed by atoms with Crippen molar-refractivity contribution >= 4 is 11.3 Å². The van der Waals surface area contributed by atoms with Crippen molar-refractivity contribution in [2.45, 2.75) is 19.5 Å². The minimum atomic E-state index is 0.857. The van der Waals surface area contributed by atoms with Crippen LogP contribution in [0.5, 0.6) is 0 Å². The summed E-state index contributed by atoms with van der Waals surface area (Å²) in [5.74, 6) is 0.857. The van der Waals surface area contributed by atoms with E-state index in [9.17, 15) is 0 Å². The third-order valence-corrected chi connectivity index (χ3v) is 4.78. The molecule has 3 aromatic rings. The Balaban J connectivity index is 1.48. The van der Waals surface area contributed by atoms with Gasteiger partial charge in [-0.05, 0) is 29.7 Å². The molecular weight excluding hydrogens is 280 g/mol. The molecule has 1 aliphatic rings. The predicted octanol–water partition coefficient (Wildman–Crippen LogP) is 3.96. The van der Waals surface area contributed by atoms with E-state index < -0.39 is 0 Å². The number of furan rings is 1. The van der Waals surface area contributed by atoms with Crippen molar-refractivity contribution < 1.29 is 4.42 Å². The largest absolute Gasteiger partial charge is 0.462 e. The van der Waals surface area contributed by atoms with Crippen LogP contribution in [-0.4, -0.2) is 16.4 Å². The molecule has 0 unspecified atom stereocenters. The van der Waals surface area contributed by atoms with Gasteiger partial charge < -0.3 is 4.42 Å². The monoisotopic (exact) mass is 296 g/mol. The van der Waals surface area contributed by atoms with Crippen molar-refractivity contribution in [3.05, 3.63) is 64.9 Å². The first kappa shape index (κ1) is 12.8. The van der Waals surface area contributed by atoms with E-state index in [2.05, 4.69) is 39.5 Å². The molecule has 0 fully saturated rings. The summed E-state index contributed by atoms with van der Waals surface area (Å²) in [6.07, 6.45) is 2.82. The second-order valence-electron chi connectivity index (χ2n) is 5.35. The molecule has 0 saturated heterocycles. The average Bonchev–Trinajstić information content (AvgIpc) is 3.18. The van der Waals surface area contributed by atoms with Gasteiger partial charge in [0, 0.05) is 25.0 Å². The minimum Gasteiger partial charge on any atom is -0.462 e. The van der Waals surface area contributed by atoms with Crippen molar-refractivity contribution in [3.8, 4) is 10.8 Å². The summed E-state index contributed by atoms with van der Waals surface area (Å²) in [6, 6.07) is 12.6. The van der Waals surface area contributed by atoms with Crippen LogP contribution in [0.2, 0.25) is 0 Å². The number of hydrogen-bond donors (Lipinski definition) is 0. The highest BCUT2D eigenvalue weighted by molar-refractivity contribution is 7.13. The Morgan fingerprint density at radius 1 is 1.14 bits per heavy atom. The number of nitrogens with zero attached hydrogens (tertiary/aromatic N) is 2. The number of hydrogen-bond acceptors (Lipinski definition) is 4. The standard InChI is InChI=1S/C17H16N2OS/c1-2-5-14-10-19(8-7-13(14)4-1)11-15-12-21-17(18-15)16-6-3-9-20-16/h1-6,9,12H,7-8,10-11H2. The van der Waals surface area contributed by atoms with E-state index in [1.54, 1.807) is 17.6 Å². The lowest BCUT2D eigenvalue weighted by Gasteiger charge is -2.27. The molecule has 3 heterocycles. The van der Waals surface area contributed by atoms with Crippen LogP contribution in [-0.2, 0) is 19.5 Å². The van der Waals surface area contributed by atoms with E-state index in [-0.39, 0.29) is 0 Å². The number of benzene rings is 1. The molecule has 0 saturated carbocycles. The Kier molecular flexibility index (Phi) is 3.33. The van der Waals surface area contributed by atoms with Crippen LogP contribution in [0, 0.1) is 0 Å². The molecule has 106 valence electrons.